The summed E-state index contributed by atoms with van der Waals surface area (Å²) in [6, 6.07) is 0.251. The maximum atomic E-state index is 12.2. The van der Waals surface area contributed by atoms with E-state index in [-0.39, 0.29) is 12.1 Å². The van der Waals surface area contributed by atoms with Crippen LogP contribution in [-0.4, -0.2) is 56.0 Å². The Hall–Kier alpha value is -0.810. The van der Waals surface area contributed by atoms with Crippen molar-refractivity contribution in [2.45, 2.75) is 58.1 Å². The van der Waals surface area contributed by atoms with Crippen LogP contribution in [0.3, 0.4) is 0 Å². The second kappa shape index (κ2) is 8.47. The number of methoxy groups -OCH3 is 1. The second-order valence-electron chi connectivity index (χ2n) is 6.37. The predicted octanol–water partition coefficient (Wildman–Crippen LogP) is 2.40. The molecule has 0 bridgehead atoms. The van der Waals surface area contributed by atoms with Crippen LogP contribution in [-0.2, 0) is 9.47 Å². The van der Waals surface area contributed by atoms with E-state index in [0.717, 1.165) is 45.5 Å². The first kappa shape index (κ1) is 17.2. The lowest BCUT2D eigenvalue weighted by Gasteiger charge is -2.37. The highest BCUT2D eigenvalue weighted by Gasteiger charge is 2.29. The normalized spacial score (nSPS) is 20.0. The minimum absolute atomic E-state index is 0.180. The van der Waals surface area contributed by atoms with Gasteiger partial charge >= 0.3 is 6.09 Å². The van der Waals surface area contributed by atoms with Crippen LogP contribution in [0.5, 0.6) is 0 Å². The molecule has 1 N–H and O–H groups in total. The number of hydrogen-bond donors (Lipinski definition) is 1. The maximum Gasteiger partial charge on any atom is 0.410 e. The summed E-state index contributed by atoms with van der Waals surface area (Å²) in [5.41, 5.74) is -0.426. The number of carbonyl (C=O) groups is 1. The lowest BCUT2D eigenvalue weighted by Crippen LogP contribution is -2.50. The number of hydrogen-bond acceptors (Lipinski definition) is 4. The summed E-state index contributed by atoms with van der Waals surface area (Å²) in [4.78, 5) is 14.1. The molecular formula is C15H30N2O3. The highest BCUT2D eigenvalue weighted by molar-refractivity contribution is 5.68. The molecule has 1 fully saturated rings. The zero-order chi connectivity index (χ0) is 15.0. The maximum absolute atomic E-state index is 12.2. The monoisotopic (exact) mass is 286 g/mol. The van der Waals surface area contributed by atoms with E-state index in [1.807, 2.05) is 25.7 Å². The van der Waals surface area contributed by atoms with Gasteiger partial charge in [0.15, 0.2) is 0 Å². The number of carbonyl (C=O) groups excluding carboxylic acids is 1. The molecule has 5 heteroatoms. The van der Waals surface area contributed by atoms with Crippen LogP contribution in [0, 0.1) is 0 Å². The molecule has 0 aliphatic carbocycles. The Bertz CT molecular complexity index is 289. The Balaban J connectivity index is 2.39. The number of nitrogens with zero attached hydrogens (tertiary/aromatic N) is 1. The van der Waals surface area contributed by atoms with E-state index in [9.17, 15) is 4.79 Å². The quantitative estimate of drug-likeness (QED) is 0.762. The smallest absolute Gasteiger partial charge is 0.410 e. The molecule has 20 heavy (non-hydrogen) atoms. The molecule has 0 saturated carbocycles. The average molecular weight is 286 g/mol. The molecule has 0 unspecified atom stereocenters. The van der Waals surface area contributed by atoms with Gasteiger partial charge in [-0.1, -0.05) is 0 Å². The predicted molar refractivity (Wildman–Crippen MR) is 79.9 cm³/mol. The summed E-state index contributed by atoms with van der Waals surface area (Å²) < 4.78 is 10.5. The lowest BCUT2D eigenvalue weighted by atomic mass is 10.0. The Labute approximate surface area is 123 Å². The van der Waals surface area contributed by atoms with Crippen LogP contribution >= 0.6 is 0 Å². The largest absolute Gasteiger partial charge is 0.444 e. The van der Waals surface area contributed by atoms with E-state index in [0.29, 0.717) is 0 Å². The van der Waals surface area contributed by atoms with Gasteiger partial charge in [-0.05, 0) is 53.0 Å². The second-order valence-corrected chi connectivity index (χ2v) is 6.37. The number of piperidine rings is 1. The fraction of sp³-hybridized carbons (Fsp3) is 0.933. The van der Waals surface area contributed by atoms with Gasteiger partial charge in [-0.2, -0.15) is 0 Å². The van der Waals surface area contributed by atoms with Crippen molar-refractivity contribution in [2.75, 3.05) is 33.4 Å². The van der Waals surface area contributed by atoms with Crippen LogP contribution in [0.4, 0.5) is 4.79 Å². The van der Waals surface area contributed by atoms with Crippen molar-refractivity contribution in [3.8, 4) is 0 Å². The highest BCUT2D eigenvalue weighted by atomic mass is 16.6. The molecule has 0 aromatic heterocycles. The zero-order valence-corrected chi connectivity index (χ0v) is 13.4. The Morgan fingerprint density at radius 3 is 2.75 bits per heavy atom. The van der Waals surface area contributed by atoms with Gasteiger partial charge in [0.25, 0.3) is 0 Å². The molecule has 0 radical (unpaired) electrons. The topological polar surface area (TPSA) is 50.8 Å². The van der Waals surface area contributed by atoms with Crippen LogP contribution in [0.1, 0.15) is 46.5 Å². The average Bonchev–Trinajstić information content (AvgIpc) is 2.37. The number of ether oxygens (including phenoxy) is 2. The van der Waals surface area contributed by atoms with Crippen LogP contribution < -0.4 is 5.32 Å². The van der Waals surface area contributed by atoms with Gasteiger partial charge < -0.3 is 19.7 Å². The van der Waals surface area contributed by atoms with Gasteiger partial charge in [0.05, 0.1) is 0 Å². The van der Waals surface area contributed by atoms with Gasteiger partial charge in [0, 0.05) is 32.8 Å². The molecule has 1 saturated heterocycles. The Morgan fingerprint density at radius 2 is 2.10 bits per heavy atom. The van der Waals surface area contributed by atoms with Crippen molar-refractivity contribution in [3.63, 3.8) is 0 Å². The van der Waals surface area contributed by atoms with Crippen LogP contribution in [0.25, 0.3) is 0 Å². The first-order valence-electron chi connectivity index (χ1n) is 7.63. The van der Waals surface area contributed by atoms with E-state index in [2.05, 4.69) is 5.32 Å². The lowest BCUT2D eigenvalue weighted by molar-refractivity contribution is 0.00993. The van der Waals surface area contributed by atoms with E-state index in [1.54, 1.807) is 7.11 Å². The van der Waals surface area contributed by atoms with Gasteiger partial charge in [-0.3, -0.25) is 0 Å². The number of amides is 1. The van der Waals surface area contributed by atoms with E-state index >= 15 is 0 Å². The Kier molecular flexibility index (Phi) is 7.30. The molecule has 1 rings (SSSR count). The van der Waals surface area contributed by atoms with Crippen molar-refractivity contribution < 1.29 is 14.3 Å². The fourth-order valence-corrected chi connectivity index (χ4v) is 2.38. The van der Waals surface area contributed by atoms with Gasteiger partial charge in [0.2, 0.25) is 0 Å². The third-order valence-corrected chi connectivity index (χ3v) is 3.34. The van der Waals surface area contributed by atoms with Crippen LogP contribution in [0.15, 0.2) is 0 Å². The molecule has 118 valence electrons. The summed E-state index contributed by atoms with van der Waals surface area (Å²) in [6.07, 6.45) is 4.12. The summed E-state index contributed by atoms with van der Waals surface area (Å²) in [5, 5.41) is 3.41. The first-order chi connectivity index (χ1) is 9.44. The number of rotatable bonds is 6. The SMILES string of the molecule is COCCCNC[C@@H]1CCCCN1C(=O)OC(C)(C)C. The van der Waals surface area contributed by atoms with Crippen molar-refractivity contribution in [1.29, 1.82) is 0 Å². The van der Waals surface area contributed by atoms with Crippen molar-refractivity contribution >= 4 is 6.09 Å². The Morgan fingerprint density at radius 1 is 1.35 bits per heavy atom. The van der Waals surface area contributed by atoms with E-state index < -0.39 is 5.60 Å². The third kappa shape index (κ3) is 6.57. The molecule has 0 aromatic carbocycles. The summed E-state index contributed by atoms with van der Waals surface area (Å²) in [5.74, 6) is 0. The minimum atomic E-state index is -0.426. The van der Waals surface area contributed by atoms with E-state index in [1.165, 1.54) is 6.42 Å². The molecule has 1 heterocycles. The number of likely N-dealkylation sites (tertiary alicyclic amines) is 1. The van der Waals surface area contributed by atoms with Crippen molar-refractivity contribution in [1.82, 2.24) is 10.2 Å². The molecule has 5 nitrogen and oxygen atoms in total. The molecule has 0 spiro atoms. The van der Waals surface area contributed by atoms with Crippen molar-refractivity contribution in [3.05, 3.63) is 0 Å². The standard InChI is InChI=1S/C15H30N2O3/c1-15(2,3)20-14(18)17-10-6-5-8-13(17)12-16-9-7-11-19-4/h13,16H,5-12H2,1-4H3/t13-/m0/s1. The highest BCUT2D eigenvalue weighted by Crippen LogP contribution is 2.19. The summed E-state index contributed by atoms with van der Waals surface area (Å²) >= 11 is 0. The van der Waals surface area contributed by atoms with E-state index in [4.69, 9.17) is 9.47 Å². The zero-order valence-electron chi connectivity index (χ0n) is 13.4. The van der Waals surface area contributed by atoms with Crippen molar-refractivity contribution in [2.24, 2.45) is 0 Å². The first-order valence-corrected chi connectivity index (χ1v) is 7.63. The molecular weight excluding hydrogens is 256 g/mol. The minimum Gasteiger partial charge on any atom is -0.444 e. The molecule has 1 atom stereocenters. The molecule has 0 aromatic rings. The molecule has 1 aliphatic heterocycles. The van der Waals surface area contributed by atoms with Gasteiger partial charge in [0.1, 0.15) is 5.60 Å². The number of nitrogens with one attached hydrogen (secondary N) is 1. The van der Waals surface area contributed by atoms with Gasteiger partial charge in [-0.25, -0.2) is 4.79 Å². The summed E-state index contributed by atoms with van der Waals surface area (Å²) in [7, 11) is 1.71. The molecule has 1 aliphatic rings. The third-order valence-electron chi connectivity index (χ3n) is 3.34. The van der Waals surface area contributed by atoms with Gasteiger partial charge in [-0.15, -0.1) is 0 Å². The fourth-order valence-electron chi connectivity index (χ4n) is 2.38. The molecule has 1 amide bonds. The van der Waals surface area contributed by atoms with Crippen LogP contribution in [0.2, 0.25) is 0 Å². The summed E-state index contributed by atoms with van der Waals surface area (Å²) in [6.45, 7) is 9.06.